The minimum absolute atomic E-state index is 0.0330. The first-order valence-electron chi connectivity index (χ1n) is 8.16. The summed E-state index contributed by atoms with van der Waals surface area (Å²) >= 11 is 0. The molecule has 3 rings (SSSR count). The molecule has 0 aromatic heterocycles. The average molecular weight is 436 g/mol. The highest BCUT2D eigenvalue weighted by Gasteiger charge is 2.43. The number of carbonyl (C=O) groups excluding carboxylic acids is 1. The largest absolute Gasteiger partial charge is 0.288 e. The van der Waals surface area contributed by atoms with Gasteiger partial charge in [0.1, 0.15) is 0 Å². The Hall–Kier alpha value is -2.57. The minimum atomic E-state index is -5.11. The highest BCUT2D eigenvalue weighted by Crippen LogP contribution is 2.36. The SMILES string of the molecule is O=C(NO)c1cccc(CN(C2CC2)S(=O)(=O)c2c(F)c(F)c(F)c(F)c2F)c1. The first-order valence-corrected chi connectivity index (χ1v) is 9.60. The van der Waals surface area contributed by atoms with E-state index in [9.17, 15) is 35.2 Å². The summed E-state index contributed by atoms with van der Waals surface area (Å²) in [7, 11) is -5.11. The zero-order valence-electron chi connectivity index (χ0n) is 14.4. The van der Waals surface area contributed by atoms with Crippen LogP contribution in [0.2, 0.25) is 0 Å². The van der Waals surface area contributed by atoms with Crippen LogP contribution in [0.5, 0.6) is 0 Å². The Morgan fingerprint density at radius 3 is 2.10 bits per heavy atom. The fourth-order valence-electron chi connectivity index (χ4n) is 2.76. The third-order valence-corrected chi connectivity index (χ3v) is 6.24. The summed E-state index contributed by atoms with van der Waals surface area (Å²) in [4.78, 5) is 9.58. The molecule has 0 unspecified atom stereocenters. The predicted molar refractivity (Wildman–Crippen MR) is 87.7 cm³/mol. The number of nitrogens with zero attached hydrogens (tertiary/aromatic N) is 1. The highest BCUT2D eigenvalue weighted by molar-refractivity contribution is 7.89. The van der Waals surface area contributed by atoms with Gasteiger partial charge in [0.15, 0.2) is 28.2 Å². The number of hydrogen-bond donors (Lipinski definition) is 2. The van der Waals surface area contributed by atoms with E-state index < -0.39 is 62.5 Å². The van der Waals surface area contributed by atoms with Gasteiger partial charge in [-0.1, -0.05) is 12.1 Å². The molecule has 1 fully saturated rings. The van der Waals surface area contributed by atoms with Crippen molar-refractivity contribution in [2.45, 2.75) is 30.3 Å². The molecule has 0 atom stereocenters. The summed E-state index contributed by atoms with van der Waals surface area (Å²) in [6, 6.07) is 4.60. The predicted octanol–water partition coefficient (Wildman–Crippen LogP) is 2.85. The number of nitrogens with one attached hydrogen (secondary N) is 1. The number of halogens is 5. The Bertz CT molecular complexity index is 1060. The van der Waals surface area contributed by atoms with Gasteiger partial charge < -0.3 is 0 Å². The quantitative estimate of drug-likeness (QED) is 0.240. The Balaban J connectivity index is 2.06. The van der Waals surface area contributed by atoms with Crippen molar-refractivity contribution in [3.05, 3.63) is 64.5 Å². The van der Waals surface area contributed by atoms with E-state index in [1.165, 1.54) is 29.7 Å². The zero-order chi connectivity index (χ0) is 21.5. The first kappa shape index (κ1) is 21.1. The smallest absolute Gasteiger partial charge is 0.274 e. The van der Waals surface area contributed by atoms with E-state index >= 15 is 0 Å². The standard InChI is InChI=1S/C17H13F5N2O4S/c18-11-12(19)14(21)16(15(22)13(11)20)29(27,28)24(10-4-5-10)7-8-2-1-3-9(6-8)17(25)23-26/h1-3,6,10,26H,4-5,7H2,(H,23,25). The fourth-order valence-corrected chi connectivity index (χ4v) is 4.55. The van der Waals surface area contributed by atoms with Gasteiger partial charge in [-0.3, -0.25) is 10.0 Å². The third kappa shape index (κ3) is 3.82. The molecule has 6 nitrogen and oxygen atoms in total. The molecule has 2 N–H and O–H groups in total. The van der Waals surface area contributed by atoms with Gasteiger partial charge in [0.2, 0.25) is 15.8 Å². The van der Waals surface area contributed by atoms with E-state index in [4.69, 9.17) is 5.21 Å². The summed E-state index contributed by atoms with van der Waals surface area (Å²) in [6.07, 6.45) is 0.650. The zero-order valence-corrected chi connectivity index (χ0v) is 15.2. The lowest BCUT2D eigenvalue weighted by Gasteiger charge is -2.23. The molecule has 1 aliphatic carbocycles. The van der Waals surface area contributed by atoms with E-state index in [-0.39, 0.29) is 11.1 Å². The maximum atomic E-state index is 14.1. The van der Waals surface area contributed by atoms with Gasteiger partial charge in [0.25, 0.3) is 5.91 Å². The normalized spacial score (nSPS) is 14.3. The second-order valence-corrected chi connectivity index (χ2v) is 8.15. The molecule has 0 radical (unpaired) electrons. The molecule has 12 heteroatoms. The molecular weight excluding hydrogens is 423 g/mol. The second-order valence-electron chi connectivity index (χ2n) is 6.32. The van der Waals surface area contributed by atoms with Crippen molar-refractivity contribution >= 4 is 15.9 Å². The van der Waals surface area contributed by atoms with Crippen molar-refractivity contribution in [2.75, 3.05) is 0 Å². The second kappa shape index (κ2) is 7.69. The van der Waals surface area contributed by atoms with E-state index in [1.807, 2.05) is 0 Å². The first-order chi connectivity index (χ1) is 13.6. The summed E-state index contributed by atoms with van der Waals surface area (Å²) < 4.78 is 94.7. The molecule has 1 aliphatic rings. The topological polar surface area (TPSA) is 86.7 Å². The number of amides is 1. The number of sulfonamides is 1. The average Bonchev–Trinajstić information content (AvgIpc) is 3.53. The van der Waals surface area contributed by atoms with Crippen molar-refractivity contribution in [3.63, 3.8) is 0 Å². The van der Waals surface area contributed by atoms with Gasteiger partial charge in [0.05, 0.1) is 0 Å². The van der Waals surface area contributed by atoms with Crippen molar-refractivity contribution in [2.24, 2.45) is 0 Å². The maximum Gasteiger partial charge on any atom is 0.274 e. The number of benzene rings is 2. The Morgan fingerprint density at radius 2 is 1.59 bits per heavy atom. The summed E-state index contributed by atoms with van der Waals surface area (Å²) in [5, 5.41) is 8.68. The molecule has 0 spiro atoms. The summed E-state index contributed by atoms with van der Waals surface area (Å²) in [5.41, 5.74) is 1.56. The van der Waals surface area contributed by atoms with Crippen molar-refractivity contribution < 1.29 is 40.4 Å². The van der Waals surface area contributed by atoms with Crippen LogP contribution in [-0.2, 0) is 16.6 Å². The van der Waals surface area contributed by atoms with Crippen LogP contribution in [0.3, 0.4) is 0 Å². The van der Waals surface area contributed by atoms with Crippen LogP contribution in [0.15, 0.2) is 29.2 Å². The molecule has 0 aliphatic heterocycles. The van der Waals surface area contributed by atoms with Gasteiger partial charge in [-0.2, -0.15) is 4.31 Å². The summed E-state index contributed by atoms with van der Waals surface area (Å²) in [6.45, 7) is -0.487. The van der Waals surface area contributed by atoms with Gasteiger partial charge in [0, 0.05) is 18.2 Å². The van der Waals surface area contributed by atoms with Crippen LogP contribution in [0.25, 0.3) is 0 Å². The van der Waals surface area contributed by atoms with Gasteiger partial charge in [-0.05, 0) is 30.5 Å². The molecule has 29 heavy (non-hydrogen) atoms. The lowest BCUT2D eigenvalue weighted by molar-refractivity contribution is 0.0706. The Labute approximate surface area is 161 Å². The molecular formula is C17H13F5N2O4S. The molecule has 156 valence electrons. The number of carbonyl (C=O) groups is 1. The molecule has 1 saturated carbocycles. The molecule has 0 heterocycles. The molecule has 0 saturated heterocycles. The Kier molecular flexibility index (Phi) is 5.61. The molecule has 0 bridgehead atoms. The number of hydrogen-bond acceptors (Lipinski definition) is 4. The molecule has 1 amide bonds. The van der Waals surface area contributed by atoms with Crippen LogP contribution < -0.4 is 5.48 Å². The molecule has 2 aromatic rings. The van der Waals surface area contributed by atoms with E-state index in [0.29, 0.717) is 17.1 Å². The van der Waals surface area contributed by atoms with Crippen molar-refractivity contribution in [1.82, 2.24) is 9.79 Å². The van der Waals surface area contributed by atoms with Crippen LogP contribution in [-0.4, -0.2) is 29.9 Å². The number of hydroxylamine groups is 1. The lowest BCUT2D eigenvalue weighted by Crippen LogP contribution is -2.34. The Morgan fingerprint density at radius 1 is 1.03 bits per heavy atom. The van der Waals surface area contributed by atoms with E-state index in [2.05, 4.69) is 0 Å². The minimum Gasteiger partial charge on any atom is -0.288 e. The van der Waals surface area contributed by atoms with Crippen molar-refractivity contribution in [3.8, 4) is 0 Å². The summed E-state index contributed by atoms with van der Waals surface area (Å²) in [5.74, 6) is -13.0. The number of rotatable bonds is 6. The fraction of sp³-hybridized carbons (Fsp3) is 0.235. The van der Waals surface area contributed by atoms with E-state index in [1.54, 1.807) is 0 Å². The third-order valence-electron chi connectivity index (χ3n) is 4.32. The van der Waals surface area contributed by atoms with Gasteiger partial charge in [-0.15, -0.1) is 0 Å². The van der Waals surface area contributed by atoms with E-state index in [0.717, 1.165) is 0 Å². The van der Waals surface area contributed by atoms with Gasteiger partial charge in [-0.25, -0.2) is 35.8 Å². The van der Waals surface area contributed by atoms with Gasteiger partial charge >= 0.3 is 0 Å². The van der Waals surface area contributed by atoms with Crippen LogP contribution in [0, 0.1) is 29.1 Å². The maximum absolute atomic E-state index is 14.1. The van der Waals surface area contributed by atoms with Crippen LogP contribution in [0.1, 0.15) is 28.8 Å². The highest BCUT2D eigenvalue weighted by atomic mass is 32.2. The molecule has 2 aromatic carbocycles. The monoisotopic (exact) mass is 436 g/mol. The van der Waals surface area contributed by atoms with Crippen LogP contribution >= 0.6 is 0 Å². The van der Waals surface area contributed by atoms with Crippen molar-refractivity contribution in [1.29, 1.82) is 0 Å². The lowest BCUT2D eigenvalue weighted by atomic mass is 10.1. The van der Waals surface area contributed by atoms with Crippen LogP contribution in [0.4, 0.5) is 22.0 Å².